The van der Waals surface area contributed by atoms with Crippen LogP contribution in [-0.4, -0.2) is 12.7 Å². The Bertz CT molecular complexity index is 304. The first-order valence-electron chi connectivity index (χ1n) is 5.64. The summed E-state index contributed by atoms with van der Waals surface area (Å²) >= 11 is 5.69. The van der Waals surface area contributed by atoms with Crippen LogP contribution in [0.4, 0.5) is 0 Å². The second kappa shape index (κ2) is 5.46. The molecule has 2 unspecified atom stereocenters. The van der Waals surface area contributed by atoms with E-state index >= 15 is 0 Å². The summed E-state index contributed by atoms with van der Waals surface area (Å²) in [4.78, 5) is 3.40. The van der Waals surface area contributed by atoms with Crippen LogP contribution in [0, 0.1) is 0 Å². The highest BCUT2D eigenvalue weighted by Gasteiger charge is 2.20. The fourth-order valence-corrected chi connectivity index (χ4v) is 3.72. The number of thiophene rings is 1. The van der Waals surface area contributed by atoms with Crippen molar-refractivity contribution >= 4 is 27.3 Å². The van der Waals surface area contributed by atoms with Gasteiger partial charge in [-0.2, -0.15) is 0 Å². The molecule has 2 atom stereocenters. The zero-order valence-electron chi connectivity index (χ0n) is 9.04. The Morgan fingerprint density at radius 2 is 2.47 bits per heavy atom. The van der Waals surface area contributed by atoms with E-state index in [1.807, 2.05) is 11.3 Å². The average molecular weight is 289 g/mol. The molecule has 1 aromatic heterocycles. The van der Waals surface area contributed by atoms with Crippen molar-refractivity contribution in [2.24, 2.45) is 0 Å². The molecule has 1 aromatic rings. The van der Waals surface area contributed by atoms with Gasteiger partial charge in [0, 0.05) is 16.4 Å². The molecule has 1 saturated heterocycles. The van der Waals surface area contributed by atoms with E-state index in [1.165, 1.54) is 22.6 Å². The third kappa shape index (κ3) is 3.05. The Balaban J connectivity index is 1.91. The van der Waals surface area contributed by atoms with E-state index in [4.69, 9.17) is 4.74 Å². The minimum absolute atomic E-state index is 0.474. The van der Waals surface area contributed by atoms with Crippen LogP contribution in [0.15, 0.2) is 12.1 Å². The van der Waals surface area contributed by atoms with E-state index in [9.17, 15) is 0 Å². The number of halogens is 1. The molecule has 3 heteroatoms. The second-order valence-corrected chi connectivity index (χ2v) is 6.30. The van der Waals surface area contributed by atoms with E-state index < -0.39 is 0 Å². The van der Waals surface area contributed by atoms with Gasteiger partial charge in [0.05, 0.1) is 10.9 Å². The smallest absolute Gasteiger partial charge is 0.0590 e. The van der Waals surface area contributed by atoms with Crippen LogP contribution >= 0.6 is 27.3 Å². The highest BCUT2D eigenvalue weighted by Crippen LogP contribution is 2.35. The van der Waals surface area contributed by atoms with Gasteiger partial charge < -0.3 is 4.74 Å². The summed E-state index contributed by atoms with van der Waals surface area (Å²) in [5, 5.41) is 0. The van der Waals surface area contributed by atoms with Gasteiger partial charge in [0.1, 0.15) is 0 Å². The molecule has 1 aliphatic rings. The van der Waals surface area contributed by atoms with Gasteiger partial charge >= 0.3 is 0 Å². The molecular formula is C12H17BrOS. The molecule has 2 rings (SSSR count). The molecule has 0 aromatic carbocycles. The van der Waals surface area contributed by atoms with Gasteiger partial charge in [0.25, 0.3) is 0 Å². The van der Waals surface area contributed by atoms with Crippen LogP contribution in [0.3, 0.4) is 0 Å². The predicted octanol–water partition coefficient (Wildman–Crippen LogP) is 4.32. The van der Waals surface area contributed by atoms with E-state index in [2.05, 4.69) is 35.0 Å². The quantitative estimate of drug-likeness (QED) is 0.750. The maximum absolute atomic E-state index is 5.65. The fraction of sp³-hybridized carbons (Fsp3) is 0.667. The van der Waals surface area contributed by atoms with Crippen LogP contribution < -0.4 is 0 Å². The summed E-state index contributed by atoms with van der Waals surface area (Å²) in [5.74, 6) is 0. The second-order valence-electron chi connectivity index (χ2n) is 4.00. The van der Waals surface area contributed by atoms with Crippen molar-refractivity contribution < 1.29 is 4.74 Å². The topological polar surface area (TPSA) is 9.23 Å². The minimum Gasteiger partial charge on any atom is -0.378 e. The lowest BCUT2D eigenvalue weighted by atomic mass is 10.1. The molecular weight excluding hydrogens is 272 g/mol. The molecule has 0 amide bonds. The van der Waals surface area contributed by atoms with Gasteiger partial charge in [-0.1, -0.05) is 22.9 Å². The molecule has 0 bridgehead atoms. The summed E-state index contributed by atoms with van der Waals surface area (Å²) in [6.45, 7) is 3.16. The van der Waals surface area contributed by atoms with E-state index in [0.717, 1.165) is 19.4 Å². The van der Waals surface area contributed by atoms with Crippen molar-refractivity contribution in [3.63, 3.8) is 0 Å². The SMILES string of the molecule is CCc1ccc(C(Br)CC2CCCO2)s1. The monoisotopic (exact) mass is 288 g/mol. The van der Waals surface area contributed by atoms with Crippen molar-refractivity contribution in [1.82, 2.24) is 0 Å². The standard InChI is InChI=1S/C12H17BrOS/c1-2-10-5-6-12(15-10)11(13)8-9-4-3-7-14-9/h5-6,9,11H,2-4,7-8H2,1H3. The van der Waals surface area contributed by atoms with Crippen LogP contribution in [0.2, 0.25) is 0 Å². The highest BCUT2D eigenvalue weighted by molar-refractivity contribution is 9.09. The van der Waals surface area contributed by atoms with Gasteiger partial charge in [0.15, 0.2) is 0 Å². The van der Waals surface area contributed by atoms with Crippen molar-refractivity contribution in [3.8, 4) is 0 Å². The zero-order chi connectivity index (χ0) is 10.7. The first kappa shape index (κ1) is 11.6. The molecule has 0 radical (unpaired) electrons. The largest absolute Gasteiger partial charge is 0.378 e. The third-order valence-electron chi connectivity index (χ3n) is 2.83. The van der Waals surface area contributed by atoms with Crippen molar-refractivity contribution in [2.45, 2.75) is 43.5 Å². The number of hydrogen-bond donors (Lipinski definition) is 0. The minimum atomic E-state index is 0.474. The Labute approximate surface area is 104 Å². The average Bonchev–Trinajstić information content (AvgIpc) is 2.86. The molecule has 1 aliphatic heterocycles. The van der Waals surface area contributed by atoms with Gasteiger partial charge in [-0.05, 0) is 37.8 Å². The molecule has 0 aliphatic carbocycles. The number of rotatable bonds is 4. The van der Waals surface area contributed by atoms with Crippen LogP contribution in [0.1, 0.15) is 40.8 Å². The molecule has 1 fully saturated rings. The van der Waals surface area contributed by atoms with Gasteiger partial charge in [0.2, 0.25) is 0 Å². The van der Waals surface area contributed by atoms with E-state index in [1.54, 1.807) is 0 Å². The molecule has 0 saturated carbocycles. The van der Waals surface area contributed by atoms with Crippen molar-refractivity contribution in [3.05, 3.63) is 21.9 Å². The van der Waals surface area contributed by atoms with E-state index in [-0.39, 0.29) is 0 Å². The number of aryl methyl sites for hydroxylation is 1. The molecule has 84 valence electrons. The van der Waals surface area contributed by atoms with Gasteiger partial charge in [-0.15, -0.1) is 11.3 Å². The maximum Gasteiger partial charge on any atom is 0.0590 e. The number of ether oxygens (including phenoxy) is 1. The lowest BCUT2D eigenvalue weighted by molar-refractivity contribution is 0.104. The third-order valence-corrected chi connectivity index (χ3v) is 5.35. The first-order valence-corrected chi connectivity index (χ1v) is 7.37. The van der Waals surface area contributed by atoms with Crippen LogP contribution in [0.25, 0.3) is 0 Å². The Morgan fingerprint density at radius 1 is 1.60 bits per heavy atom. The molecule has 1 nitrogen and oxygen atoms in total. The molecule has 2 heterocycles. The maximum atomic E-state index is 5.65. The summed E-state index contributed by atoms with van der Waals surface area (Å²) in [6, 6.07) is 4.49. The number of alkyl halides is 1. The van der Waals surface area contributed by atoms with Crippen LogP contribution in [-0.2, 0) is 11.2 Å². The lowest BCUT2D eigenvalue weighted by Crippen LogP contribution is -2.07. The Morgan fingerprint density at radius 3 is 3.07 bits per heavy atom. The van der Waals surface area contributed by atoms with Crippen molar-refractivity contribution in [1.29, 1.82) is 0 Å². The highest BCUT2D eigenvalue weighted by atomic mass is 79.9. The molecule has 0 spiro atoms. The zero-order valence-corrected chi connectivity index (χ0v) is 11.4. The predicted molar refractivity (Wildman–Crippen MR) is 69.0 cm³/mol. The Kier molecular flexibility index (Phi) is 4.23. The van der Waals surface area contributed by atoms with Crippen molar-refractivity contribution in [2.75, 3.05) is 6.61 Å². The normalized spacial score (nSPS) is 23.2. The molecule has 15 heavy (non-hydrogen) atoms. The van der Waals surface area contributed by atoms with Crippen LogP contribution in [0.5, 0.6) is 0 Å². The van der Waals surface area contributed by atoms with Gasteiger partial charge in [-0.25, -0.2) is 0 Å². The van der Waals surface area contributed by atoms with E-state index in [0.29, 0.717) is 10.9 Å². The summed E-state index contributed by atoms with van der Waals surface area (Å²) in [7, 11) is 0. The summed E-state index contributed by atoms with van der Waals surface area (Å²) < 4.78 is 5.65. The number of hydrogen-bond acceptors (Lipinski definition) is 2. The first-order chi connectivity index (χ1) is 7.29. The lowest BCUT2D eigenvalue weighted by Gasteiger charge is -2.13. The Hall–Kier alpha value is 0.140. The molecule has 0 N–H and O–H groups in total. The summed E-state index contributed by atoms with van der Waals surface area (Å²) in [6.07, 6.45) is 5.19. The fourth-order valence-electron chi connectivity index (χ4n) is 1.93. The van der Waals surface area contributed by atoms with Gasteiger partial charge in [-0.3, -0.25) is 0 Å². The summed E-state index contributed by atoms with van der Waals surface area (Å²) in [5.41, 5.74) is 0.